The number of carbonyl (C=O) groups is 2. The molecule has 2 heterocycles. The van der Waals surface area contributed by atoms with Crippen LogP contribution in [0, 0.1) is 5.92 Å². The number of piperidine rings is 1. The molecule has 3 atom stereocenters. The minimum atomic E-state index is -0.0865. The molecule has 2 fully saturated rings. The molecule has 0 aromatic rings. The molecule has 6 heteroatoms. The standard InChI is InChI=1S/C17H31N3O3/c1-3-4-9-18-16(21)14-8-7-13(2)20(12-14)17(22)19-11-15-6-5-10-23-15/h13-15H,3-12H2,1-2H3,(H,18,21)(H,19,22)/t13-,14+,15-/m0/s1. The van der Waals surface area contributed by atoms with Crippen LogP contribution in [0.3, 0.4) is 0 Å². The number of likely N-dealkylation sites (tertiary alicyclic amines) is 1. The highest BCUT2D eigenvalue weighted by Gasteiger charge is 2.32. The van der Waals surface area contributed by atoms with E-state index in [9.17, 15) is 9.59 Å². The Morgan fingerprint density at radius 1 is 1.22 bits per heavy atom. The predicted octanol–water partition coefficient (Wildman–Crippen LogP) is 1.89. The molecule has 0 bridgehead atoms. The summed E-state index contributed by atoms with van der Waals surface area (Å²) in [6.45, 7) is 6.75. The van der Waals surface area contributed by atoms with Crippen molar-refractivity contribution in [3.63, 3.8) is 0 Å². The summed E-state index contributed by atoms with van der Waals surface area (Å²) < 4.78 is 5.53. The molecule has 0 spiro atoms. The normalized spacial score (nSPS) is 27.7. The highest BCUT2D eigenvalue weighted by molar-refractivity contribution is 5.81. The Hall–Kier alpha value is -1.30. The van der Waals surface area contributed by atoms with E-state index in [1.165, 1.54) is 0 Å². The Balaban J connectivity index is 1.79. The van der Waals surface area contributed by atoms with Gasteiger partial charge in [0.05, 0.1) is 12.0 Å². The zero-order chi connectivity index (χ0) is 16.7. The van der Waals surface area contributed by atoms with Crippen molar-refractivity contribution in [2.45, 2.75) is 64.5 Å². The van der Waals surface area contributed by atoms with Gasteiger partial charge in [-0.25, -0.2) is 4.79 Å². The number of unbranched alkanes of at least 4 members (excludes halogenated alkanes) is 1. The SMILES string of the molecule is CCCCNC(=O)[C@@H]1CC[C@H](C)N(C(=O)NC[C@@H]2CCCO2)C1. The second kappa shape index (κ2) is 9.11. The van der Waals surface area contributed by atoms with Gasteiger partial charge in [0.15, 0.2) is 0 Å². The van der Waals surface area contributed by atoms with Gasteiger partial charge in [0, 0.05) is 32.3 Å². The van der Waals surface area contributed by atoms with Gasteiger partial charge in [0.2, 0.25) is 5.91 Å². The second-order valence-electron chi connectivity index (χ2n) is 6.74. The molecule has 3 amide bonds. The molecule has 2 aliphatic heterocycles. The summed E-state index contributed by atoms with van der Waals surface area (Å²) in [7, 11) is 0. The van der Waals surface area contributed by atoms with E-state index < -0.39 is 0 Å². The zero-order valence-electron chi connectivity index (χ0n) is 14.5. The van der Waals surface area contributed by atoms with Crippen LogP contribution < -0.4 is 10.6 Å². The van der Waals surface area contributed by atoms with Crippen LogP contribution >= 0.6 is 0 Å². The Bertz CT molecular complexity index is 397. The van der Waals surface area contributed by atoms with Crippen LogP contribution in [0.4, 0.5) is 4.79 Å². The van der Waals surface area contributed by atoms with Crippen molar-refractivity contribution >= 4 is 11.9 Å². The van der Waals surface area contributed by atoms with Gasteiger partial charge in [-0.15, -0.1) is 0 Å². The number of nitrogens with one attached hydrogen (secondary N) is 2. The maximum atomic E-state index is 12.4. The Morgan fingerprint density at radius 2 is 2.04 bits per heavy atom. The summed E-state index contributed by atoms with van der Waals surface area (Å²) in [5, 5.41) is 5.95. The minimum Gasteiger partial charge on any atom is -0.376 e. The summed E-state index contributed by atoms with van der Waals surface area (Å²) in [5.41, 5.74) is 0. The van der Waals surface area contributed by atoms with E-state index in [0.717, 1.165) is 51.7 Å². The van der Waals surface area contributed by atoms with Crippen LogP contribution in [0.2, 0.25) is 0 Å². The van der Waals surface area contributed by atoms with Crippen LogP contribution in [0.1, 0.15) is 52.4 Å². The summed E-state index contributed by atoms with van der Waals surface area (Å²) >= 11 is 0. The van der Waals surface area contributed by atoms with Gasteiger partial charge >= 0.3 is 6.03 Å². The maximum absolute atomic E-state index is 12.4. The lowest BCUT2D eigenvalue weighted by Gasteiger charge is -2.37. The molecule has 0 aromatic heterocycles. The second-order valence-corrected chi connectivity index (χ2v) is 6.74. The Morgan fingerprint density at radius 3 is 2.74 bits per heavy atom. The third-order valence-corrected chi connectivity index (χ3v) is 4.85. The number of carbonyl (C=O) groups excluding carboxylic acids is 2. The molecule has 0 saturated carbocycles. The van der Waals surface area contributed by atoms with E-state index in [4.69, 9.17) is 4.74 Å². The van der Waals surface area contributed by atoms with Crippen LogP contribution in [-0.4, -0.2) is 55.2 Å². The quantitative estimate of drug-likeness (QED) is 0.733. The number of ether oxygens (including phenoxy) is 1. The monoisotopic (exact) mass is 325 g/mol. The van der Waals surface area contributed by atoms with Crippen molar-refractivity contribution in [2.24, 2.45) is 5.92 Å². The molecule has 23 heavy (non-hydrogen) atoms. The molecule has 6 nitrogen and oxygen atoms in total. The van der Waals surface area contributed by atoms with E-state index in [-0.39, 0.29) is 30.0 Å². The van der Waals surface area contributed by atoms with E-state index in [2.05, 4.69) is 24.5 Å². The first-order valence-corrected chi connectivity index (χ1v) is 9.05. The summed E-state index contributed by atoms with van der Waals surface area (Å²) in [4.78, 5) is 26.5. The van der Waals surface area contributed by atoms with Crippen molar-refractivity contribution in [1.82, 2.24) is 15.5 Å². The van der Waals surface area contributed by atoms with E-state index >= 15 is 0 Å². The average molecular weight is 325 g/mol. The molecule has 0 unspecified atom stereocenters. The van der Waals surface area contributed by atoms with Gasteiger partial charge in [-0.3, -0.25) is 4.79 Å². The van der Waals surface area contributed by atoms with E-state index in [0.29, 0.717) is 13.1 Å². The van der Waals surface area contributed by atoms with Crippen LogP contribution in [0.15, 0.2) is 0 Å². The summed E-state index contributed by atoms with van der Waals surface area (Å²) in [5.74, 6) is -0.00110. The summed E-state index contributed by atoms with van der Waals surface area (Å²) in [6.07, 6.45) is 6.03. The van der Waals surface area contributed by atoms with Crippen LogP contribution in [0.5, 0.6) is 0 Å². The van der Waals surface area contributed by atoms with Crippen molar-refractivity contribution < 1.29 is 14.3 Å². The first kappa shape index (κ1) is 18.0. The average Bonchev–Trinajstić information content (AvgIpc) is 3.06. The van der Waals surface area contributed by atoms with Gasteiger partial charge < -0.3 is 20.3 Å². The lowest BCUT2D eigenvalue weighted by Crippen LogP contribution is -2.53. The van der Waals surface area contributed by atoms with Crippen LogP contribution in [0.25, 0.3) is 0 Å². The molecule has 2 N–H and O–H groups in total. The van der Waals surface area contributed by atoms with E-state index in [1.54, 1.807) is 0 Å². The smallest absolute Gasteiger partial charge is 0.317 e. The fourth-order valence-electron chi connectivity index (χ4n) is 3.24. The van der Waals surface area contributed by atoms with Crippen molar-refractivity contribution in [2.75, 3.05) is 26.2 Å². The van der Waals surface area contributed by atoms with Gasteiger partial charge in [-0.1, -0.05) is 13.3 Å². The molecule has 0 aromatic carbocycles. The molecule has 0 radical (unpaired) electrons. The molecular formula is C17H31N3O3. The Kier molecular flexibility index (Phi) is 7.15. The third-order valence-electron chi connectivity index (χ3n) is 4.85. The number of rotatable bonds is 6. The molecule has 132 valence electrons. The number of urea groups is 1. The molecule has 0 aliphatic carbocycles. The van der Waals surface area contributed by atoms with E-state index in [1.807, 2.05) is 4.90 Å². The third kappa shape index (κ3) is 5.37. The zero-order valence-corrected chi connectivity index (χ0v) is 14.5. The Labute approximate surface area is 139 Å². The molecule has 2 aliphatic rings. The lowest BCUT2D eigenvalue weighted by atomic mass is 9.93. The van der Waals surface area contributed by atoms with Gasteiger partial charge in [-0.2, -0.15) is 0 Å². The first-order chi connectivity index (χ1) is 11.1. The fourth-order valence-corrected chi connectivity index (χ4v) is 3.24. The van der Waals surface area contributed by atoms with Crippen LogP contribution in [-0.2, 0) is 9.53 Å². The van der Waals surface area contributed by atoms with Crippen molar-refractivity contribution in [1.29, 1.82) is 0 Å². The number of hydrogen-bond acceptors (Lipinski definition) is 3. The summed E-state index contributed by atoms with van der Waals surface area (Å²) in [6, 6.07) is 0.109. The van der Waals surface area contributed by atoms with Crippen molar-refractivity contribution in [3.8, 4) is 0 Å². The number of amides is 3. The largest absolute Gasteiger partial charge is 0.376 e. The maximum Gasteiger partial charge on any atom is 0.317 e. The minimum absolute atomic E-state index is 0.0703. The molecule has 2 rings (SSSR count). The molecular weight excluding hydrogens is 294 g/mol. The predicted molar refractivity (Wildman–Crippen MR) is 89.2 cm³/mol. The lowest BCUT2D eigenvalue weighted by molar-refractivity contribution is -0.126. The fraction of sp³-hybridized carbons (Fsp3) is 0.882. The highest BCUT2D eigenvalue weighted by atomic mass is 16.5. The van der Waals surface area contributed by atoms with Gasteiger partial charge in [-0.05, 0) is 39.0 Å². The number of hydrogen-bond donors (Lipinski definition) is 2. The van der Waals surface area contributed by atoms with Crippen molar-refractivity contribution in [3.05, 3.63) is 0 Å². The van der Waals surface area contributed by atoms with Gasteiger partial charge in [0.25, 0.3) is 0 Å². The topological polar surface area (TPSA) is 70.7 Å². The first-order valence-electron chi connectivity index (χ1n) is 9.05. The highest BCUT2D eigenvalue weighted by Crippen LogP contribution is 2.22. The van der Waals surface area contributed by atoms with Gasteiger partial charge in [0.1, 0.15) is 0 Å². The number of nitrogens with zero attached hydrogens (tertiary/aromatic N) is 1. The molecule has 2 saturated heterocycles.